The number of benzene rings is 1. The van der Waals surface area contributed by atoms with Gasteiger partial charge in [-0.2, -0.15) is 0 Å². The van der Waals surface area contributed by atoms with Gasteiger partial charge in [-0.15, -0.1) is 0 Å². The zero-order chi connectivity index (χ0) is 16.0. The molecule has 0 aliphatic heterocycles. The lowest BCUT2D eigenvalue weighted by Gasteiger charge is -2.18. The molecule has 5 nitrogen and oxygen atoms in total. The Hall–Kier alpha value is -1.56. The van der Waals surface area contributed by atoms with Gasteiger partial charge < -0.3 is 10.6 Å². The van der Waals surface area contributed by atoms with Gasteiger partial charge in [0.1, 0.15) is 0 Å². The van der Waals surface area contributed by atoms with Crippen LogP contribution in [0.25, 0.3) is 0 Å². The van der Waals surface area contributed by atoms with Crippen molar-refractivity contribution < 1.29 is 8.42 Å². The third-order valence-electron chi connectivity index (χ3n) is 3.68. The second-order valence-corrected chi connectivity index (χ2v) is 8.13. The molecule has 122 valence electrons. The summed E-state index contributed by atoms with van der Waals surface area (Å²) in [6, 6.07) is 10.7. The molecule has 1 atom stereocenters. The van der Waals surface area contributed by atoms with Crippen molar-refractivity contribution in [2.24, 2.45) is 4.99 Å². The molecule has 22 heavy (non-hydrogen) atoms. The summed E-state index contributed by atoms with van der Waals surface area (Å²) in [5.41, 5.74) is 1.17. The Labute approximate surface area is 133 Å². The van der Waals surface area contributed by atoms with Crippen LogP contribution in [0.4, 0.5) is 0 Å². The summed E-state index contributed by atoms with van der Waals surface area (Å²) in [6.07, 6.45) is 2.29. The first-order valence-corrected chi connectivity index (χ1v) is 9.65. The molecule has 0 heterocycles. The van der Waals surface area contributed by atoms with Gasteiger partial charge in [0.15, 0.2) is 15.8 Å². The Morgan fingerprint density at radius 3 is 2.59 bits per heavy atom. The first kappa shape index (κ1) is 16.8. The Morgan fingerprint density at radius 2 is 2.00 bits per heavy atom. The maximum absolute atomic E-state index is 11.5. The molecule has 1 aliphatic carbocycles. The standard InChI is InChI=1S/C16H25N3O2S/c1-3-22(20,21)12-11-17-16(19-15-9-10-15)18-13(2)14-7-5-4-6-8-14/h4-8,13,15H,3,9-12H2,1-2H3,(H2,17,18,19). The minimum atomic E-state index is -2.97. The van der Waals surface area contributed by atoms with Crippen LogP contribution in [0.2, 0.25) is 0 Å². The average Bonchev–Trinajstić information content (AvgIpc) is 3.32. The molecular weight excluding hydrogens is 298 g/mol. The topological polar surface area (TPSA) is 70.6 Å². The lowest BCUT2D eigenvalue weighted by atomic mass is 10.1. The molecule has 0 spiro atoms. The van der Waals surface area contributed by atoms with Crippen molar-refractivity contribution in [1.29, 1.82) is 0 Å². The lowest BCUT2D eigenvalue weighted by molar-refractivity contribution is 0.597. The van der Waals surface area contributed by atoms with Crippen LogP contribution >= 0.6 is 0 Å². The molecular formula is C16H25N3O2S. The second-order valence-electron chi connectivity index (χ2n) is 5.66. The van der Waals surface area contributed by atoms with Gasteiger partial charge in [-0.1, -0.05) is 37.3 Å². The highest BCUT2D eigenvalue weighted by atomic mass is 32.2. The number of sulfone groups is 1. The van der Waals surface area contributed by atoms with Crippen molar-refractivity contribution in [2.45, 2.75) is 38.8 Å². The molecule has 1 fully saturated rings. The number of hydrogen-bond acceptors (Lipinski definition) is 3. The summed E-state index contributed by atoms with van der Waals surface area (Å²) in [5, 5.41) is 6.69. The number of nitrogens with one attached hydrogen (secondary N) is 2. The molecule has 0 saturated heterocycles. The summed E-state index contributed by atoms with van der Waals surface area (Å²) in [4.78, 5) is 4.42. The molecule has 1 unspecified atom stereocenters. The summed E-state index contributed by atoms with van der Waals surface area (Å²) in [5.74, 6) is 0.966. The average molecular weight is 323 g/mol. The third-order valence-corrected chi connectivity index (χ3v) is 5.37. The monoisotopic (exact) mass is 323 g/mol. The molecule has 0 radical (unpaired) electrons. The maximum atomic E-state index is 11.5. The number of nitrogens with zero attached hydrogens (tertiary/aromatic N) is 1. The van der Waals surface area contributed by atoms with Crippen LogP contribution in [0.15, 0.2) is 35.3 Å². The molecule has 0 bridgehead atoms. The maximum Gasteiger partial charge on any atom is 0.191 e. The smallest absolute Gasteiger partial charge is 0.191 e. The van der Waals surface area contributed by atoms with E-state index in [1.807, 2.05) is 18.2 Å². The van der Waals surface area contributed by atoms with Crippen molar-refractivity contribution >= 4 is 15.8 Å². The van der Waals surface area contributed by atoms with Crippen molar-refractivity contribution in [1.82, 2.24) is 10.6 Å². The van der Waals surface area contributed by atoms with Crippen LogP contribution in [0.5, 0.6) is 0 Å². The van der Waals surface area contributed by atoms with Gasteiger partial charge in [-0.3, -0.25) is 4.99 Å². The Bertz CT molecular complexity index is 595. The minimum Gasteiger partial charge on any atom is -0.354 e. The highest BCUT2D eigenvalue weighted by Gasteiger charge is 2.23. The van der Waals surface area contributed by atoms with E-state index in [0.29, 0.717) is 18.5 Å². The normalized spacial score (nSPS) is 17.1. The van der Waals surface area contributed by atoms with Crippen LogP contribution in [0, 0.1) is 0 Å². The van der Waals surface area contributed by atoms with E-state index >= 15 is 0 Å². The number of rotatable bonds is 7. The SMILES string of the molecule is CCS(=O)(=O)CCN=C(NC1CC1)NC(C)c1ccccc1. The van der Waals surface area contributed by atoms with E-state index in [1.165, 1.54) is 5.56 Å². The van der Waals surface area contributed by atoms with E-state index < -0.39 is 9.84 Å². The van der Waals surface area contributed by atoms with Gasteiger partial charge in [-0.05, 0) is 25.3 Å². The molecule has 1 aromatic rings. The fourth-order valence-corrected chi connectivity index (χ4v) is 2.68. The predicted octanol–water partition coefficient (Wildman–Crippen LogP) is 1.88. The van der Waals surface area contributed by atoms with E-state index in [9.17, 15) is 8.42 Å². The van der Waals surface area contributed by atoms with E-state index in [4.69, 9.17) is 0 Å². The second kappa shape index (κ2) is 7.63. The van der Waals surface area contributed by atoms with Gasteiger partial charge in [0, 0.05) is 11.8 Å². The zero-order valence-electron chi connectivity index (χ0n) is 13.2. The van der Waals surface area contributed by atoms with Crippen molar-refractivity contribution in [2.75, 3.05) is 18.1 Å². The van der Waals surface area contributed by atoms with Gasteiger partial charge in [0.2, 0.25) is 0 Å². The molecule has 1 aliphatic rings. The van der Waals surface area contributed by atoms with Crippen LogP contribution in [0.1, 0.15) is 38.3 Å². The molecule has 0 aromatic heterocycles. The zero-order valence-corrected chi connectivity index (χ0v) is 14.1. The van der Waals surface area contributed by atoms with Crippen molar-refractivity contribution in [3.05, 3.63) is 35.9 Å². The van der Waals surface area contributed by atoms with Gasteiger partial charge in [-0.25, -0.2) is 8.42 Å². The summed E-state index contributed by atoms with van der Waals surface area (Å²) >= 11 is 0. The summed E-state index contributed by atoms with van der Waals surface area (Å²) < 4.78 is 23.1. The highest BCUT2D eigenvalue weighted by Crippen LogP contribution is 2.19. The lowest BCUT2D eigenvalue weighted by Crippen LogP contribution is -2.40. The fourth-order valence-electron chi connectivity index (χ4n) is 2.02. The van der Waals surface area contributed by atoms with Crippen LogP contribution < -0.4 is 10.6 Å². The molecule has 0 amide bonds. The van der Waals surface area contributed by atoms with Gasteiger partial charge >= 0.3 is 0 Å². The predicted molar refractivity (Wildman–Crippen MR) is 90.8 cm³/mol. The molecule has 1 saturated carbocycles. The molecule has 2 N–H and O–H groups in total. The van der Waals surface area contributed by atoms with E-state index in [0.717, 1.165) is 12.8 Å². The van der Waals surface area contributed by atoms with Gasteiger partial charge in [0.25, 0.3) is 0 Å². The van der Waals surface area contributed by atoms with Crippen molar-refractivity contribution in [3.8, 4) is 0 Å². The van der Waals surface area contributed by atoms with Gasteiger partial charge in [0.05, 0.1) is 18.3 Å². The van der Waals surface area contributed by atoms with Crippen LogP contribution in [-0.4, -0.2) is 38.5 Å². The first-order valence-electron chi connectivity index (χ1n) is 7.83. The Kier molecular flexibility index (Phi) is 5.83. The highest BCUT2D eigenvalue weighted by molar-refractivity contribution is 7.91. The summed E-state index contributed by atoms with van der Waals surface area (Å²) in [7, 11) is -2.97. The third kappa shape index (κ3) is 5.67. The molecule has 1 aromatic carbocycles. The number of guanidine groups is 1. The van der Waals surface area contributed by atoms with Crippen LogP contribution in [0.3, 0.4) is 0 Å². The number of hydrogen-bond donors (Lipinski definition) is 2. The Morgan fingerprint density at radius 1 is 1.32 bits per heavy atom. The quantitative estimate of drug-likeness (QED) is 0.594. The first-order chi connectivity index (χ1) is 10.5. The van der Waals surface area contributed by atoms with E-state index in [-0.39, 0.29) is 17.5 Å². The summed E-state index contributed by atoms with van der Waals surface area (Å²) in [6.45, 7) is 4.03. The number of aliphatic imine (C=N–C) groups is 1. The van der Waals surface area contributed by atoms with Crippen molar-refractivity contribution in [3.63, 3.8) is 0 Å². The van der Waals surface area contributed by atoms with Crippen LogP contribution in [-0.2, 0) is 9.84 Å². The molecule has 2 rings (SSSR count). The largest absolute Gasteiger partial charge is 0.354 e. The van der Waals surface area contributed by atoms with E-state index in [1.54, 1.807) is 6.92 Å². The van der Waals surface area contributed by atoms with E-state index in [2.05, 4.69) is 34.7 Å². The Balaban J connectivity index is 1.96. The fraction of sp³-hybridized carbons (Fsp3) is 0.562. The minimum absolute atomic E-state index is 0.0980. The molecule has 6 heteroatoms.